The fraction of sp³-hybridized carbons (Fsp3) is 0.600. The Bertz CT molecular complexity index is 556. The smallest absolute Gasteiger partial charge is 0.306 e. The van der Waals surface area contributed by atoms with E-state index in [-0.39, 0.29) is 24.3 Å². The molecule has 0 radical (unpaired) electrons. The highest BCUT2D eigenvalue weighted by atomic mass is 32.1. The SMILES string of the molecule is Cc1ccc([C@@H]2C[C@@H]2C(=O)N2CCO[C@@H](CC(=O)O)C2)s1. The second-order valence-corrected chi connectivity index (χ2v) is 7.09. The molecular weight excluding hydrogens is 290 g/mol. The molecule has 21 heavy (non-hydrogen) atoms. The molecule has 6 heteroatoms. The van der Waals surface area contributed by atoms with Gasteiger partial charge in [0.2, 0.25) is 5.91 Å². The molecule has 1 aromatic rings. The number of nitrogens with zero attached hydrogens (tertiary/aromatic N) is 1. The Morgan fingerprint density at radius 2 is 2.29 bits per heavy atom. The molecule has 1 saturated heterocycles. The highest BCUT2D eigenvalue weighted by Crippen LogP contribution is 2.50. The molecule has 2 heterocycles. The summed E-state index contributed by atoms with van der Waals surface area (Å²) in [5.41, 5.74) is 0. The Morgan fingerprint density at radius 1 is 1.48 bits per heavy atom. The number of carboxylic acids is 1. The minimum atomic E-state index is -0.882. The van der Waals surface area contributed by atoms with E-state index in [1.807, 2.05) is 0 Å². The van der Waals surface area contributed by atoms with Gasteiger partial charge in [0.1, 0.15) is 0 Å². The lowest BCUT2D eigenvalue weighted by Gasteiger charge is -2.32. The molecule has 1 aliphatic carbocycles. The van der Waals surface area contributed by atoms with E-state index < -0.39 is 5.97 Å². The Hall–Kier alpha value is -1.40. The van der Waals surface area contributed by atoms with Crippen LogP contribution in [-0.4, -0.2) is 47.7 Å². The highest BCUT2D eigenvalue weighted by Gasteiger charge is 2.47. The summed E-state index contributed by atoms with van der Waals surface area (Å²) in [5.74, 6) is -0.291. The highest BCUT2D eigenvalue weighted by molar-refractivity contribution is 7.12. The van der Waals surface area contributed by atoms with Crippen molar-refractivity contribution in [2.24, 2.45) is 5.92 Å². The molecule has 114 valence electrons. The molecule has 5 nitrogen and oxygen atoms in total. The summed E-state index contributed by atoms with van der Waals surface area (Å²) >= 11 is 1.76. The first kappa shape index (κ1) is 14.5. The Kier molecular flexibility index (Phi) is 3.99. The van der Waals surface area contributed by atoms with Gasteiger partial charge in [-0.3, -0.25) is 9.59 Å². The number of hydrogen-bond acceptors (Lipinski definition) is 4. The van der Waals surface area contributed by atoms with E-state index in [2.05, 4.69) is 19.1 Å². The number of carbonyl (C=O) groups is 2. The van der Waals surface area contributed by atoms with Crippen LogP contribution in [0.3, 0.4) is 0 Å². The first-order chi connectivity index (χ1) is 10.0. The van der Waals surface area contributed by atoms with Gasteiger partial charge in [0.05, 0.1) is 19.1 Å². The zero-order valence-corrected chi connectivity index (χ0v) is 12.8. The van der Waals surface area contributed by atoms with Crippen molar-refractivity contribution < 1.29 is 19.4 Å². The zero-order valence-electron chi connectivity index (χ0n) is 11.9. The van der Waals surface area contributed by atoms with E-state index in [1.54, 1.807) is 16.2 Å². The molecule has 0 unspecified atom stereocenters. The molecule has 1 saturated carbocycles. The van der Waals surface area contributed by atoms with Crippen LogP contribution in [0.25, 0.3) is 0 Å². The number of aliphatic carboxylic acids is 1. The normalized spacial score (nSPS) is 28.4. The molecular formula is C15H19NO4S. The summed E-state index contributed by atoms with van der Waals surface area (Å²) in [4.78, 5) is 27.6. The third-order valence-corrected chi connectivity index (χ3v) is 5.22. The van der Waals surface area contributed by atoms with Crippen molar-refractivity contribution in [3.63, 3.8) is 0 Å². The van der Waals surface area contributed by atoms with Crippen LogP contribution in [0, 0.1) is 12.8 Å². The van der Waals surface area contributed by atoms with Crippen molar-refractivity contribution in [1.29, 1.82) is 0 Å². The maximum absolute atomic E-state index is 12.5. The van der Waals surface area contributed by atoms with Crippen LogP contribution < -0.4 is 0 Å². The lowest BCUT2D eigenvalue weighted by molar-refractivity contribution is -0.148. The van der Waals surface area contributed by atoms with E-state index in [1.165, 1.54) is 9.75 Å². The molecule has 0 aromatic carbocycles. The fourth-order valence-electron chi connectivity index (χ4n) is 2.91. The Morgan fingerprint density at radius 3 is 2.95 bits per heavy atom. The third kappa shape index (κ3) is 3.27. The molecule has 1 amide bonds. The van der Waals surface area contributed by atoms with Gasteiger partial charge in [-0.1, -0.05) is 0 Å². The standard InChI is InChI=1S/C15H19NO4S/c1-9-2-3-13(21-9)11-7-12(11)15(19)16-4-5-20-10(8-16)6-14(17)18/h2-3,10-12H,4-8H2,1H3,(H,17,18)/t10-,11+,12-/m0/s1. The quantitative estimate of drug-likeness (QED) is 0.922. The maximum Gasteiger partial charge on any atom is 0.306 e. The first-order valence-electron chi connectivity index (χ1n) is 7.23. The lowest BCUT2D eigenvalue weighted by Crippen LogP contribution is -2.47. The van der Waals surface area contributed by atoms with Crippen LogP contribution in [0.15, 0.2) is 12.1 Å². The average Bonchev–Trinajstić information content (AvgIpc) is 3.12. The lowest BCUT2D eigenvalue weighted by atomic mass is 10.1. The van der Waals surface area contributed by atoms with E-state index in [9.17, 15) is 9.59 Å². The summed E-state index contributed by atoms with van der Waals surface area (Å²) in [6.07, 6.45) is 0.503. The average molecular weight is 309 g/mol. The third-order valence-electron chi connectivity index (χ3n) is 4.09. The van der Waals surface area contributed by atoms with Gasteiger partial charge in [-0.2, -0.15) is 0 Å². The van der Waals surface area contributed by atoms with E-state index in [0.717, 1.165) is 6.42 Å². The van der Waals surface area contributed by atoms with Gasteiger partial charge in [-0.15, -0.1) is 11.3 Å². The molecule has 2 aliphatic rings. The van der Waals surface area contributed by atoms with Crippen LogP contribution in [0.5, 0.6) is 0 Å². The molecule has 1 aromatic heterocycles. The van der Waals surface area contributed by atoms with Gasteiger partial charge in [-0.05, 0) is 25.5 Å². The number of morpholine rings is 1. The Labute approximate surface area is 127 Å². The summed E-state index contributed by atoms with van der Waals surface area (Å²) in [5, 5.41) is 8.82. The summed E-state index contributed by atoms with van der Waals surface area (Å²) in [6, 6.07) is 4.21. The van der Waals surface area contributed by atoms with Gasteiger partial charge in [0.15, 0.2) is 0 Å². The molecule has 3 atom stereocenters. The van der Waals surface area contributed by atoms with Gasteiger partial charge in [0.25, 0.3) is 0 Å². The van der Waals surface area contributed by atoms with Crippen molar-refractivity contribution >= 4 is 23.2 Å². The zero-order chi connectivity index (χ0) is 15.0. The Balaban J connectivity index is 1.57. The van der Waals surface area contributed by atoms with Crippen LogP contribution in [0.4, 0.5) is 0 Å². The maximum atomic E-state index is 12.5. The predicted molar refractivity (Wildman–Crippen MR) is 78.5 cm³/mol. The van der Waals surface area contributed by atoms with Crippen molar-refractivity contribution in [1.82, 2.24) is 4.90 Å². The monoisotopic (exact) mass is 309 g/mol. The van der Waals surface area contributed by atoms with Crippen molar-refractivity contribution in [3.8, 4) is 0 Å². The van der Waals surface area contributed by atoms with Crippen LogP contribution in [-0.2, 0) is 14.3 Å². The van der Waals surface area contributed by atoms with Crippen LogP contribution >= 0.6 is 11.3 Å². The van der Waals surface area contributed by atoms with E-state index in [4.69, 9.17) is 9.84 Å². The number of thiophene rings is 1. The fourth-order valence-corrected chi connectivity index (χ4v) is 3.96. The van der Waals surface area contributed by atoms with E-state index in [0.29, 0.717) is 25.6 Å². The second-order valence-electron chi connectivity index (χ2n) is 5.77. The van der Waals surface area contributed by atoms with E-state index >= 15 is 0 Å². The first-order valence-corrected chi connectivity index (χ1v) is 8.04. The molecule has 0 spiro atoms. The summed E-state index contributed by atoms with van der Waals surface area (Å²) in [6.45, 7) is 3.48. The van der Waals surface area contributed by atoms with Crippen molar-refractivity contribution in [3.05, 3.63) is 21.9 Å². The number of carboxylic acid groups (broad SMARTS) is 1. The molecule has 1 aliphatic heterocycles. The summed E-state index contributed by atoms with van der Waals surface area (Å²) in [7, 11) is 0. The van der Waals surface area contributed by atoms with Gasteiger partial charge in [-0.25, -0.2) is 0 Å². The largest absolute Gasteiger partial charge is 0.481 e. The minimum absolute atomic E-state index is 0.0397. The van der Waals surface area contributed by atoms with Crippen LogP contribution in [0.2, 0.25) is 0 Å². The van der Waals surface area contributed by atoms with Gasteiger partial charge >= 0.3 is 5.97 Å². The number of carbonyl (C=O) groups excluding carboxylic acids is 1. The van der Waals surface area contributed by atoms with Gasteiger partial charge in [0, 0.05) is 34.7 Å². The second kappa shape index (κ2) is 5.77. The molecule has 1 N–H and O–H groups in total. The number of ether oxygens (including phenoxy) is 1. The van der Waals surface area contributed by atoms with Crippen molar-refractivity contribution in [2.45, 2.75) is 31.8 Å². The topological polar surface area (TPSA) is 66.8 Å². The molecule has 0 bridgehead atoms. The number of amides is 1. The predicted octanol–water partition coefficient (Wildman–Crippen LogP) is 1.86. The minimum Gasteiger partial charge on any atom is -0.481 e. The number of rotatable bonds is 4. The van der Waals surface area contributed by atoms with Gasteiger partial charge < -0.3 is 14.7 Å². The molecule has 3 rings (SSSR count). The van der Waals surface area contributed by atoms with Crippen molar-refractivity contribution in [2.75, 3.05) is 19.7 Å². The number of hydrogen-bond donors (Lipinski definition) is 1. The summed E-state index contributed by atoms with van der Waals surface area (Å²) < 4.78 is 5.41. The number of aryl methyl sites for hydroxylation is 1. The molecule has 2 fully saturated rings. The van der Waals surface area contributed by atoms with Crippen LogP contribution in [0.1, 0.15) is 28.5 Å².